The maximum Gasteiger partial charge on any atom is 0.363 e. The lowest BCUT2D eigenvalue weighted by Gasteiger charge is -2.35. The van der Waals surface area contributed by atoms with Crippen LogP contribution in [0, 0.1) is 11.6 Å². The Balaban J connectivity index is 1.43. The van der Waals surface area contributed by atoms with E-state index in [4.69, 9.17) is 10.6 Å². The number of benzene rings is 3. The molecule has 3 atom stereocenters. The fraction of sp³-hybridized carbons (Fsp3) is 0.321. The van der Waals surface area contributed by atoms with Crippen molar-refractivity contribution in [2.45, 2.75) is 44.4 Å². The summed E-state index contributed by atoms with van der Waals surface area (Å²) in [7, 11) is 0. The van der Waals surface area contributed by atoms with Crippen molar-refractivity contribution in [3.63, 3.8) is 0 Å². The molecule has 0 fully saturated rings. The third-order valence-corrected chi connectivity index (χ3v) is 6.43. The van der Waals surface area contributed by atoms with Gasteiger partial charge in [-0.3, -0.25) is 0 Å². The first kappa shape index (κ1) is 25.8. The number of nitrogens with two attached hydrogens (primary N) is 1. The molecule has 2 unspecified atom stereocenters. The van der Waals surface area contributed by atoms with Crippen molar-refractivity contribution in [1.82, 2.24) is 5.32 Å². The van der Waals surface area contributed by atoms with Gasteiger partial charge < -0.3 is 21.0 Å². The highest BCUT2D eigenvalue weighted by molar-refractivity contribution is 5.90. The third-order valence-electron chi connectivity index (χ3n) is 6.43. The monoisotopic (exact) mass is 495 g/mol. The number of fused-ring (bicyclic) bond motifs is 1. The molecule has 1 heterocycles. The van der Waals surface area contributed by atoms with Crippen LogP contribution in [0.4, 0.5) is 14.5 Å². The fourth-order valence-corrected chi connectivity index (χ4v) is 4.44. The van der Waals surface area contributed by atoms with Gasteiger partial charge in [0, 0.05) is 24.7 Å². The standard InChI is InChI=1S/C28H31F2N3O3/c1-2-18-8-9-26-23(14-18)25(10-11-33(26)36-28(35)20-6-4-3-5-7-20)32-17-27(34)24(31)15-19-12-21(29)16-22(30)13-19/h3-9,12-14,16,24-25,27,32,34H,2,10-11,15,17,31H2,1H3/t24?,25?,27-/m1/s1. The van der Waals surface area contributed by atoms with Crippen LogP contribution in [0.25, 0.3) is 0 Å². The van der Waals surface area contributed by atoms with Crippen LogP contribution in [0.15, 0.2) is 66.7 Å². The van der Waals surface area contributed by atoms with Crippen LogP contribution in [-0.2, 0) is 17.7 Å². The molecule has 0 radical (unpaired) electrons. The Kier molecular flexibility index (Phi) is 8.30. The molecule has 0 aromatic heterocycles. The molecule has 190 valence electrons. The van der Waals surface area contributed by atoms with E-state index in [9.17, 15) is 18.7 Å². The Morgan fingerprint density at radius 3 is 2.53 bits per heavy atom. The van der Waals surface area contributed by atoms with E-state index in [1.54, 1.807) is 29.3 Å². The van der Waals surface area contributed by atoms with Gasteiger partial charge in [-0.05, 0) is 66.3 Å². The molecular weight excluding hydrogens is 464 g/mol. The highest BCUT2D eigenvalue weighted by Crippen LogP contribution is 2.35. The van der Waals surface area contributed by atoms with Crippen LogP contribution in [0.1, 0.15) is 46.4 Å². The summed E-state index contributed by atoms with van der Waals surface area (Å²) in [6.07, 6.45) is 0.700. The molecule has 0 bridgehead atoms. The van der Waals surface area contributed by atoms with Crippen LogP contribution in [0.2, 0.25) is 0 Å². The number of rotatable bonds is 9. The van der Waals surface area contributed by atoms with E-state index < -0.39 is 29.7 Å². The van der Waals surface area contributed by atoms with E-state index >= 15 is 0 Å². The lowest BCUT2D eigenvalue weighted by molar-refractivity contribution is 0.0435. The molecule has 3 aromatic carbocycles. The smallest absolute Gasteiger partial charge is 0.363 e. The molecule has 1 aliphatic heterocycles. The van der Waals surface area contributed by atoms with E-state index in [1.807, 2.05) is 18.2 Å². The second-order valence-electron chi connectivity index (χ2n) is 9.06. The summed E-state index contributed by atoms with van der Waals surface area (Å²) in [5, 5.41) is 15.6. The summed E-state index contributed by atoms with van der Waals surface area (Å²) in [6.45, 7) is 2.74. The van der Waals surface area contributed by atoms with Crippen LogP contribution in [-0.4, -0.2) is 36.3 Å². The van der Waals surface area contributed by atoms with E-state index in [1.165, 1.54) is 12.1 Å². The normalized spacial score (nSPS) is 16.8. The number of aliphatic hydroxyl groups is 1. The van der Waals surface area contributed by atoms with E-state index in [0.29, 0.717) is 24.1 Å². The zero-order valence-electron chi connectivity index (χ0n) is 20.2. The number of hydrogen-bond donors (Lipinski definition) is 3. The van der Waals surface area contributed by atoms with Crippen LogP contribution >= 0.6 is 0 Å². The zero-order chi connectivity index (χ0) is 25.7. The average Bonchev–Trinajstić information content (AvgIpc) is 2.87. The highest BCUT2D eigenvalue weighted by Gasteiger charge is 2.29. The lowest BCUT2D eigenvalue weighted by Crippen LogP contribution is -2.45. The lowest BCUT2D eigenvalue weighted by atomic mass is 9.94. The van der Waals surface area contributed by atoms with Gasteiger partial charge in [0.05, 0.1) is 23.9 Å². The van der Waals surface area contributed by atoms with Gasteiger partial charge >= 0.3 is 5.97 Å². The summed E-state index contributed by atoms with van der Waals surface area (Å²) in [5.41, 5.74) is 9.90. The van der Waals surface area contributed by atoms with Crippen LogP contribution in [0.3, 0.4) is 0 Å². The van der Waals surface area contributed by atoms with Gasteiger partial charge in [-0.15, -0.1) is 0 Å². The van der Waals surface area contributed by atoms with Crippen molar-refractivity contribution in [2.75, 3.05) is 18.2 Å². The van der Waals surface area contributed by atoms with Crippen molar-refractivity contribution < 1.29 is 23.5 Å². The summed E-state index contributed by atoms with van der Waals surface area (Å²) < 4.78 is 27.0. The van der Waals surface area contributed by atoms with E-state index in [-0.39, 0.29) is 19.0 Å². The van der Waals surface area contributed by atoms with Gasteiger partial charge in [0.15, 0.2) is 0 Å². The number of aliphatic hydroxyl groups excluding tert-OH is 1. The Bertz CT molecular complexity index is 1170. The summed E-state index contributed by atoms with van der Waals surface area (Å²) in [6, 6.07) is 17.3. The Labute approximate surface area is 209 Å². The largest absolute Gasteiger partial charge is 0.390 e. The molecule has 4 rings (SSSR count). The minimum absolute atomic E-state index is 0.0911. The number of anilines is 1. The molecule has 0 saturated carbocycles. The summed E-state index contributed by atoms with van der Waals surface area (Å²) >= 11 is 0. The molecule has 0 spiro atoms. The number of nitrogens with zero attached hydrogens (tertiary/aromatic N) is 1. The van der Waals surface area contributed by atoms with Crippen LogP contribution in [0.5, 0.6) is 0 Å². The van der Waals surface area contributed by atoms with Crippen molar-refractivity contribution in [3.8, 4) is 0 Å². The predicted molar refractivity (Wildman–Crippen MR) is 134 cm³/mol. The van der Waals surface area contributed by atoms with Gasteiger partial charge in [0.1, 0.15) is 11.6 Å². The number of halogens is 2. The SMILES string of the molecule is CCc1ccc2c(c1)C(NC[C@@H](O)C(N)Cc1cc(F)cc(F)c1)CCN2OC(=O)c1ccccc1. The zero-order valence-corrected chi connectivity index (χ0v) is 20.2. The molecule has 0 saturated heterocycles. The average molecular weight is 496 g/mol. The highest BCUT2D eigenvalue weighted by atomic mass is 19.1. The van der Waals surface area contributed by atoms with Gasteiger partial charge in [0.2, 0.25) is 0 Å². The third kappa shape index (κ3) is 6.26. The van der Waals surface area contributed by atoms with E-state index in [2.05, 4.69) is 18.3 Å². The van der Waals surface area contributed by atoms with Crippen molar-refractivity contribution >= 4 is 11.7 Å². The number of aryl methyl sites for hydroxylation is 1. The molecule has 8 heteroatoms. The molecule has 4 N–H and O–H groups in total. The number of hydroxylamine groups is 1. The Hall–Kier alpha value is -3.33. The van der Waals surface area contributed by atoms with Crippen molar-refractivity contribution in [2.24, 2.45) is 5.73 Å². The second kappa shape index (κ2) is 11.6. The van der Waals surface area contributed by atoms with Crippen molar-refractivity contribution in [1.29, 1.82) is 0 Å². The van der Waals surface area contributed by atoms with Gasteiger partial charge in [-0.1, -0.05) is 37.3 Å². The molecule has 1 aliphatic rings. The van der Waals surface area contributed by atoms with Gasteiger partial charge in [-0.25, -0.2) is 18.6 Å². The second-order valence-corrected chi connectivity index (χ2v) is 9.06. The van der Waals surface area contributed by atoms with E-state index in [0.717, 1.165) is 29.3 Å². The van der Waals surface area contributed by atoms with Crippen molar-refractivity contribution in [3.05, 3.63) is 101 Å². The Morgan fingerprint density at radius 1 is 1.11 bits per heavy atom. The van der Waals surface area contributed by atoms with Crippen LogP contribution < -0.4 is 16.1 Å². The first-order valence-electron chi connectivity index (χ1n) is 12.1. The predicted octanol–water partition coefficient (Wildman–Crippen LogP) is 4.07. The molecule has 36 heavy (non-hydrogen) atoms. The minimum atomic E-state index is -0.928. The van der Waals surface area contributed by atoms with Gasteiger partial charge in [0.25, 0.3) is 0 Å². The summed E-state index contributed by atoms with van der Waals surface area (Å²) in [4.78, 5) is 18.3. The minimum Gasteiger partial charge on any atom is -0.390 e. The molecule has 0 amide bonds. The first-order chi connectivity index (χ1) is 17.3. The Morgan fingerprint density at radius 2 is 1.83 bits per heavy atom. The maximum absolute atomic E-state index is 13.5. The maximum atomic E-state index is 13.5. The molecule has 3 aromatic rings. The first-order valence-corrected chi connectivity index (χ1v) is 12.1. The molecule has 6 nitrogen and oxygen atoms in total. The number of carbonyl (C=O) groups excluding carboxylic acids is 1. The number of nitrogens with one attached hydrogen (secondary N) is 1. The number of carbonyl (C=O) groups is 1. The number of hydrogen-bond acceptors (Lipinski definition) is 6. The topological polar surface area (TPSA) is 87.8 Å². The van der Waals surface area contributed by atoms with Gasteiger partial charge in [-0.2, -0.15) is 0 Å². The molecular formula is C28H31F2N3O3. The quantitative estimate of drug-likeness (QED) is 0.415. The summed E-state index contributed by atoms with van der Waals surface area (Å²) in [5.74, 6) is -1.77. The fourth-order valence-electron chi connectivity index (χ4n) is 4.44. The molecule has 0 aliphatic carbocycles.